The van der Waals surface area contributed by atoms with Gasteiger partial charge in [0.2, 0.25) is 0 Å². The Balaban J connectivity index is 1.38. The van der Waals surface area contributed by atoms with Crippen molar-refractivity contribution in [2.75, 3.05) is 35.0 Å². The highest BCUT2D eigenvalue weighted by Crippen LogP contribution is 2.55. The molecule has 0 bridgehead atoms. The number of benzene rings is 6. The number of rotatable bonds is 17. The predicted octanol–water partition coefficient (Wildman–Crippen LogP) is 8.95. The van der Waals surface area contributed by atoms with E-state index in [1.807, 2.05) is 158 Å². The van der Waals surface area contributed by atoms with Crippen molar-refractivity contribution in [2.45, 2.75) is 36.7 Å². The maximum atomic E-state index is 14.7. The number of nitrogens with one attached hydrogen (secondary N) is 1. The molecule has 1 heterocycles. The lowest BCUT2D eigenvalue weighted by atomic mass is 9.77. The van der Waals surface area contributed by atoms with E-state index in [0.29, 0.717) is 34.1 Å². The molecule has 1 N–H and O–H groups in total. The summed E-state index contributed by atoms with van der Waals surface area (Å²) in [4.78, 5) is 43.7. The summed E-state index contributed by atoms with van der Waals surface area (Å²) in [6, 6.07) is 49.2. The molecular formula is C55H52N2O9. The summed E-state index contributed by atoms with van der Waals surface area (Å²) >= 11 is 0. The van der Waals surface area contributed by atoms with Crippen LogP contribution in [-0.4, -0.2) is 57.0 Å². The molecule has 0 amide bonds. The van der Waals surface area contributed by atoms with Gasteiger partial charge < -0.3 is 33.2 Å². The third-order valence-corrected chi connectivity index (χ3v) is 12.9. The second-order valence-corrected chi connectivity index (χ2v) is 16.3. The van der Waals surface area contributed by atoms with Gasteiger partial charge in [0.1, 0.15) is 40.5 Å². The molecule has 7 aromatic rings. The minimum atomic E-state index is -1.63. The van der Waals surface area contributed by atoms with Crippen LogP contribution in [0, 0.1) is 12.3 Å². The van der Waals surface area contributed by atoms with Crippen LogP contribution in [0.4, 0.5) is 0 Å². The first-order chi connectivity index (χ1) is 32.1. The standard InChI is InChI=1S/C55H52N2O9/c1-37-34-57(52(60)56-51(37)59)49-33-50(66-55(40-15-11-8-12-16-40,43-21-29-47(63-5)30-22-43)44-23-31-48(64-6)32-24-44)53(35-58,38(49)2)36-65-54(39-13-9-7-10-14-39,41-17-25-45(61-3)26-18-41)42-19-27-46(62-4)28-20-42/h7-32,34-35,49-50H,2,33,36H2,1,3-6H3,(H,56,59,60)/t49-,50-,53-/m0/s1. The Bertz CT molecular complexity index is 2800. The lowest BCUT2D eigenvalue weighted by Gasteiger charge is -2.44. The highest BCUT2D eigenvalue weighted by atomic mass is 16.5. The molecule has 8 rings (SSSR count). The first kappa shape index (κ1) is 45.1. The number of carbonyl (C=O) groups excluding carboxylic acids is 1. The Morgan fingerprint density at radius 3 is 1.38 bits per heavy atom. The Morgan fingerprint density at radius 1 is 0.606 bits per heavy atom. The molecular weight excluding hydrogens is 833 g/mol. The summed E-state index contributed by atoms with van der Waals surface area (Å²) in [5, 5.41) is 0. The van der Waals surface area contributed by atoms with E-state index in [2.05, 4.69) is 11.6 Å². The van der Waals surface area contributed by atoms with E-state index < -0.39 is 40.0 Å². The average molecular weight is 885 g/mol. The van der Waals surface area contributed by atoms with Crippen molar-refractivity contribution >= 4 is 6.29 Å². The first-order valence-corrected chi connectivity index (χ1v) is 21.6. The van der Waals surface area contributed by atoms with Crippen LogP contribution in [-0.2, 0) is 25.5 Å². The molecule has 0 radical (unpaired) electrons. The summed E-state index contributed by atoms with van der Waals surface area (Å²) in [7, 11) is 6.43. The monoisotopic (exact) mass is 884 g/mol. The summed E-state index contributed by atoms with van der Waals surface area (Å²) in [6.45, 7) is 5.99. The molecule has 66 heavy (non-hydrogen) atoms. The number of aryl methyl sites for hydroxylation is 1. The molecule has 1 aliphatic carbocycles. The van der Waals surface area contributed by atoms with Gasteiger partial charge in [-0.05, 0) is 101 Å². The molecule has 1 saturated carbocycles. The normalized spacial score (nSPS) is 17.3. The maximum absolute atomic E-state index is 14.7. The summed E-state index contributed by atoms with van der Waals surface area (Å²) in [5.74, 6) is 2.58. The lowest BCUT2D eigenvalue weighted by Crippen LogP contribution is -2.47. The van der Waals surface area contributed by atoms with Crippen molar-refractivity contribution in [3.63, 3.8) is 0 Å². The molecule has 0 spiro atoms. The van der Waals surface area contributed by atoms with Gasteiger partial charge in [0.25, 0.3) is 5.56 Å². The lowest BCUT2D eigenvalue weighted by molar-refractivity contribution is -0.143. The number of aromatic amines is 1. The van der Waals surface area contributed by atoms with E-state index >= 15 is 0 Å². The quantitative estimate of drug-likeness (QED) is 0.0542. The fourth-order valence-corrected chi connectivity index (χ4v) is 9.24. The summed E-state index contributed by atoms with van der Waals surface area (Å²) < 4.78 is 39.2. The van der Waals surface area contributed by atoms with Gasteiger partial charge in [-0.15, -0.1) is 0 Å². The molecule has 0 unspecified atom stereocenters. The van der Waals surface area contributed by atoms with E-state index in [0.717, 1.165) is 39.7 Å². The topological polar surface area (TPSA) is 127 Å². The van der Waals surface area contributed by atoms with Crippen LogP contribution < -0.4 is 30.2 Å². The molecule has 336 valence electrons. The summed E-state index contributed by atoms with van der Waals surface area (Å²) in [6.07, 6.45) is 1.43. The zero-order chi connectivity index (χ0) is 46.5. The third kappa shape index (κ3) is 8.01. The number of hydrogen-bond donors (Lipinski definition) is 1. The highest BCUT2D eigenvalue weighted by molar-refractivity contribution is 5.69. The number of ether oxygens (including phenoxy) is 6. The Hall–Kier alpha value is -7.47. The zero-order valence-corrected chi connectivity index (χ0v) is 37.6. The largest absolute Gasteiger partial charge is 0.497 e. The Kier molecular flexibility index (Phi) is 12.9. The molecule has 11 nitrogen and oxygen atoms in total. The molecule has 6 aromatic carbocycles. The molecule has 0 aliphatic heterocycles. The van der Waals surface area contributed by atoms with Crippen molar-refractivity contribution in [2.24, 2.45) is 5.41 Å². The van der Waals surface area contributed by atoms with Gasteiger partial charge in [0.15, 0.2) is 0 Å². The van der Waals surface area contributed by atoms with Crippen LogP contribution in [0.15, 0.2) is 186 Å². The SMILES string of the molecule is C=C1[C@@H](n2cc(C)c(=O)[nH]c2=O)C[C@H](OC(c2ccccc2)(c2ccc(OC)cc2)c2ccc(OC)cc2)[C@@]1(C=O)COC(c1ccccc1)(c1ccc(OC)cc1)c1ccc(OC)cc1. The first-order valence-electron chi connectivity index (χ1n) is 21.6. The molecule has 0 saturated heterocycles. The van der Waals surface area contributed by atoms with Gasteiger partial charge >= 0.3 is 5.69 Å². The second-order valence-electron chi connectivity index (χ2n) is 16.3. The zero-order valence-electron chi connectivity index (χ0n) is 37.6. The fourth-order valence-electron chi connectivity index (χ4n) is 9.24. The minimum absolute atomic E-state index is 0.0939. The van der Waals surface area contributed by atoms with Crippen LogP contribution in [0.1, 0.15) is 51.4 Å². The highest BCUT2D eigenvalue weighted by Gasteiger charge is 2.57. The Morgan fingerprint density at radius 2 is 0.985 bits per heavy atom. The predicted molar refractivity (Wildman–Crippen MR) is 253 cm³/mol. The minimum Gasteiger partial charge on any atom is -0.497 e. The average Bonchev–Trinajstić information content (AvgIpc) is 3.64. The number of hydrogen-bond acceptors (Lipinski definition) is 9. The van der Waals surface area contributed by atoms with Gasteiger partial charge in [-0.3, -0.25) is 14.3 Å². The number of aldehydes is 1. The molecule has 3 atom stereocenters. The fraction of sp³-hybridized carbons (Fsp3) is 0.218. The van der Waals surface area contributed by atoms with Crippen molar-refractivity contribution in [1.29, 1.82) is 0 Å². The van der Waals surface area contributed by atoms with E-state index in [9.17, 15) is 14.4 Å². The smallest absolute Gasteiger partial charge is 0.328 e. The van der Waals surface area contributed by atoms with E-state index in [4.69, 9.17) is 28.4 Å². The van der Waals surface area contributed by atoms with Crippen LogP contribution in [0.3, 0.4) is 0 Å². The Labute approximate surface area is 383 Å². The number of carbonyl (C=O) groups is 1. The van der Waals surface area contributed by atoms with Gasteiger partial charge in [0.05, 0.1) is 52.6 Å². The van der Waals surface area contributed by atoms with Gasteiger partial charge in [0, 0.05) is 11.8 Å². The van der Waals surface area contributed by atoms with Gasteiger partial charge in [-0.25, -0.2) is 4.79 Å². The number of aromatic nitrogens is 2. The van der Waals surface area contributed by atoms with Crippen molar-refractivity contribution < 1.29 is 33.2 Å². The van der Waals surface area contributed by atoms with Crippen LogP contribution >= 0.6 is 0 Å². The van der Waals surface area contributed by atoms with E-state index in [1.165, 1.54) is 10.8 Å². The van der Waals surface area contributed by atoms with Gasteiger partial charge in [-0.1, -0.05) is 116 Å². The third-order valence-electron chi connectivity index (χ3n) is 12.9. The molecule has 11 heteroatoms. The van der Waals surface area contributed by atoms with Crippen molar-refractivity contribution in [3.8, 4) is 23.0 Å². The van der Waals surface area contributed by atoms with E-state index in [1.54, 1.807) is 35.4 Å². The van der Waals surface area contributed by atoms with Crippen LogP contribution in [0.25, 0.3) is 0 Å². The second kappa shape index (κ2) is 18.9. The van der Waals surface area contributed by atoms with Gasteiger partial charge in [-0.2, -0.15) is 0 Å². The van der Waals surface area contributed by atoms with Crippen LogP contribution in [0.2, 0.25) is 0 Å². The number of methoxy groups -OCH3 is 4. The number of H-pyrrole nitrogens is 1. The van der Waals surface area contributed by atoms with E-state index in [-0.39, 0.29) is 13.0 Å². The molecule has 1 aromatic heterocycles. The molecule has 1 fully saturated rings. The van der Waals surface area contributed by atoms with Crippen molar-refractivity contribution in [3.05, 3.63) is 236 Å². The van der Waals surface area contributed by atoms with Crippen molar-refractivity contribution in [1.82, 2.24) is 9.55 Å². The van der Waals surface area contributed by atoms with Crippen LogP contribution in [0.5, 0.6) is 23.0 Å². The number of nitrogens with zero attached hydrogens (tertiary/aromatic N) is 1. The molecule has 1 aliphatic rings. The maximum Gasteiger partial charge on any atom is 0.328 e. The summed E-state index contributed by atoms with van der Waals surface area (Å²) in [5.41, 5.74) is -0.306.